The van der Waals surface area contributed by atoms with Crippen molar-refractivity contribution in [3.63, 3.8) is 0 Å². The number of aromatic nitrogens is 2. The number of hydrogen-bond acceptors (Lipinski definition) is 2. The summed E-state index contributed by atoms with van der Waals surface area (Å²) >= 11 is 0. The van der Waals surface area contributed by atoms with Gasteiger partial charge in [-0.1, -0.05) is 24.3 Å². The Bertz CT molecular complexity index is 811. The summed E-state index contributed by atoms with van der Waals surface area (Å²) in [6.45, 7) is 0. The standard InChI is InChI=1S/C16H11FN2O2/c17-15-7-2-1-6-14(15)12-9-18-19(10-12)13-5-3-4-11(8-13)16(20)21/h1-10H,(H,20,21). The van der Waals surface area contributed by atoms with E-state index < -0.39 is 5.97 Å². The van der Waals surface area contributed by atoms with E-state index in [-0.39, 0.29) is 11.4 Å². The second kappa shape index (κ2) is 5.20. The molecule has 3 aromatic rings. The molecule has 0 bridgehead atoms. The van der Waals surface area contributed by atoms with Gasteiger partial charge in [-0.25, -0.2) is 13.9 Å². The Kier molecular flexibility index (Phi) is 3.23. The summed E-state index contributed by atoms with van der Waals surface area (Å²) in [5, 5.41) is 13.2. The minimum absolute atomic E-state index is 0.176. The molecule has 0 aliphatic carbocycles. The molecule has 0 unspecified atom stereocenters. The molecule has 21 heavy (non-hydrogen) atoms. The maximum Gasteiger partial charge on any atom is 0.335 e. The number of aromatic carboxylic acids is 1. The van der Waals surface area contributed by atoms with Gasteiger partial charge < -0.3 is 5.11 Å². The first-order valence-electron chi connectivity index (χ1n) is 6.28. The highest BCUT2D eigenvalue weighted by Crippen LogP contribution is 2.23. The van der Waals surface area contributed by atoms with Crippen molar-refractivity contribution in [1.29, 1.82) is 0 Å². The molecular formula is C16H11FN2O2. The molecule has 1 N–H and O–H groups in total. The first kappa shape index (κ1) is 13.1. The highest BCUT2D eigenvalue weighted by atomic mass is 19.1. The van der Waals surface area contributed by atoms with Crippen LogP contribution in [0.2, 0.25) is 0 Å². The van der Waals surface area contributed by atoms with Gasteiger partial charge in [0.2, 0.25) is 0 Å². The summed E-state index contributed by atoms with van der Waals surface area (Å²) in [5.41, 5.74) is 1.87. The van der Waals surface area contributed by atoms with E-state index in [9.17, 15) is 9.18 Å². The van der Waals surface area contributed by atoms with Crippen LogP contribution in [0, 0.1) is 5.82 Å². The topological polar surface area (TPSA) is 55.1 Å². The number of carbonyl (C=O) groups is 1. The molecule has 0 spiro atoms. The maximum atomic E-state index is 13.7. The van der Waals surface area contributed by atoms with Crippen LogP contribution in [0.4, 0.5) is 4.39 Å². The average molecular weight is 282 g/mol. The van der Waals surface area contributed by atoms with Crippen LogP contribution in [0.3, 0.4) is 0 Å². The molecule has 0 saturated carbocycles. The number of benzene rings is 2. The lowest BCUT2D eigenvalue weighted by Crippen LogP contribution is -1.99. The van der Waals surface area contributed by atoms with E-state index in [1.807, 2.05) is 0 Å². The van der Waals surface area contributed by atoms with E-state index in [4.69, 9.17) is 5.11 Å². The fourth-order valence-corrected chi connectivity index (χ4v) is 2.08. The molecule has 0 saturated heterocycles. The molecule has 0 aliphatic heterocycles. The van der Waals surface area contributed by atoms with Crippen LogP contribution < -0.4 is 0 Å². The van der Waals surface area contributed by atoms with Crippen molar-refractivity contribution in [2.75, 3.05) is 0 Å². The monoisotopic (exact) mass is 282 g/mol. The molecule has 0 atom stereocenters. The van der Waals surface area contributed by atoms with Gasteiger partial charge in [0, 0.05) is 17.3 Å². The van der Waals surface area contributed by atoms with Gasteiger partial charge in [0.15, 0.2) is 0 Å². The van der Waals surface area contributed by atoms with Crippen molar-refractivity contribution in [2.24, 2.45) is 0 Å². The van der Waals surface area contributed by atoms with Crippen molar-refractivity contribution in [2.45, 2.75) is 0 Å². The number of hydrogen-bond donors (Lipinski definition) is 1. The van der Waals surface area contributed by atoms with E-state index in [0.29, 0.717) is 16.8 Å². The summed E-state index contributed by atoms with van der Waals surface area (Å²) in [5.74, 6) is -1.32. The van der Waals surface area contributed by atoms with Crippen LogP contribution in [0.25, 0.3) is 16.8 Å². The van der Waals surface area contributed by atoms with Crippen molar-refractivity contribution < 1.29 is 14.3 Å². The first-order valence-corrected chi connectivity index (χ1v) is 6.28. The smallest absolute Gasteiger partial charge is 0.335 e. The fourth-order valence-electron chi connectivity index (χ4n) is 2.08. The highest BCUT2D eigenvalue weighted by Gasteiger charge is 2.09. The zero-order chi connectivity index (χ0) is 14.8. The first-order chi connectivity index (χ1) is 10.1. The summed E-state index contributed by atoms with van der Waals surface area (Å²) in [7, 11) is 0. The number of halogens is 1. The molecule has 1 heterocycles. The Balaban J connectivity index is 2.01. The van der Waals surface area contributed by atoms with Crippen LogP contribution in [0.15, 0.2) is 60.9 Å². The predicted octanol–water partition coefficient (Wildman–Crippen LogP) is 3.38. The molecule has 2 aromatic carbocycles. The predicted molar refractivity (Wildman–Crippen MR) is 75.9 cm³/mol. The average Bonchev–Trinajstić information content (AvgIpc) is 2.97. The van der Waals surface area contributed by atoms with Crippen molar-refractivity contribution in [3.05, 3.63) is 72.3 Å². The van der Waals surface area contributed by atoms with Crippen LogP contribution in [0.1, 0.15) is 10.4 Å². The van der Waals surface area contributed by atoms with Crippen LogP contribution >= 0.6 is 0 Å². The van der Waals surface area contributed by atoms with Gasteiger partial charge in [-0.2, -0.15) is 5.10 Å². The van der Waals surface area contributed by atoms with Crippen molar-refractivity contribution in [3.8, 4) is 16.8 Å². The molecule has 4 nitrogen and oxygen atoms in total. The van der Waals surface area contributed by atoms with Gasteiger partial charge in [0.1, 0.15) is 5.82 Å². The molecule has 0 fully saturated rings. The SMILES string of the molecule is O=C(O)c1cccc(-n2cc(-c3ccccc3F)cn2)c1. The number of nitrogens with zero attached hydrogens (tertiary/aromatic N) is 2. The molecule has 0 amide bonds. The minimum atomic E-state index is -1.00. The molecular weight excluding hydrogens is 271 g/mol. The van der Waals surface area contributed by atoms with Gasteiger partial charge in [0.05, 0.1) is 17.4 Å². The zero-order valence-corrected chi connectivity index (χ0v) is 10.9. The summed E-state index contributed by atoms with van der Waals surface area (Å²) < 4.78 is 15.3. The van der Waals surface area contributed by atoms with Gasteiger partial charge in [-0.15, -0.1) is 0 Å². The lowest BCUT2D eigenvalue weighted by Gasteiger charge is -2.02. The van der Waals surface area contributed by atoms with Crippen LogP contribution in [0.5, 0.6) is 0 Å². The Labute approximate surface area is 120 Å². The molecule has 104 valence electrons. The molecule has 0 radical (unpaired) electrons. The van der Waals surface area contributed by atoms with E-state index in [0.717, 1.165) is 0 Å². The van der Waals surface area contributed by atoms with E-state index in [2.05, 4.69) is 5.10 Å². The van der Waals surface area contributed by atoms with E-state index in [1.54, 1.807) is 42.7 Å². The van der Waals surface area contributed by atoms with Crippen molar-refractivity contribution in [1.82, 2.24) is 9.78 Å². The molecule has 1 aromatic heterocycles. The Morgan fingerprint density at radius 2 is 1.95 bits per heavy atom. The summed E-state index contributed by atoms with van der Waals surface area (Å²) in [4.78, 5) is 11.0. The Morgan fingerprint density at radius 1 is 1.14 bits per heavy atom. The van der Waals surface area contributed by atoms with E-state index in [1.165, 1.54) is 22.9 Å². The quantitative estimate of drug-likeness (QED) is 0.801. The third-order valence-electron chi connectivity index (χ3n) is 3.13. The summed E-state index contributed by atoms with van der Waals surface area (Å²) in [6.07, 6.45) is 3.21. The minimum Gasteiger partial charge on any atom is -0.478 e. The third-order valence-corrected chi connectivity index (χ3v) is 3.13. The zero-order valence-electron chi connectivity index (χ0n) is 10.9. The maximum absolute atomic E-state index is 13.7. The fraction of sp³-hybridized carbons (Fsp3) is 0. The van der Waals surface area contributed by atoms with Gasteiger partial charge >= 0.3 is 5.97 Å². The molecule has 3 rings (SSSR count). The lowest BCUT2D eigenvalue weighted by atomic mass is 10.1. The number of rotatable bonds is 3. The Morgan fingerprint density at radius 3 is 2.71 bits per heavy atom. The van der Waals surface area contributed by atoms with Crippen LogP contribution in [-0.4, -0.2) is 20.9 Å². The van der Waals surface area contributed by atoms with Crippen LogP contribution in [-0.2, 0) is 0 Å². The number of carboxylic acid groups (broad SMARTS) is 1. The molecule has 5 heteroatoms. The van der Waals surface area contributed by atoms with E-state index >= 15 is 0 Å². The largest absolute Gasteiger partial charge is 0.478 e. The Hall–Kier alpha value is -2.95. The van der Waals surface area contributed by atoms with Gasteiger partial charge in [-0.05, 0) is 24.3 Å². The van der Waals surface area contributed by atoms with Crippen molar-refractivity contribution >= 4 is 5.97 Å². The normalized spacial score (nSPS) is 10.5. The second-order valence-electron chi connectivity index (χ2n) is 4.51. The van der Waals surface area contributed by atoms with Gasteiger partial charge in [-0.3, -0.25) is 0 Å². The third kappa shape index (κ3) is 2.53. The second-order valence-corrected chi connectivity index (χ2v) is 4.51. The molecule has 0 aliphatic rings. The lowest BCUT2D eigenvalue weighted by molar-refractivity contribution is 0.0697. The summed E-state index contributed by atoms with van der Waals surface area (Å²) in [6, 6.07) is 12.8. The highest BCUT2D eigenvalue weighted by molar-refractivity contribution is 5.88. The van der Waals surface area contributed by atoms with Gasteiger partial charge in [0.25, 0.3) is 0 Å². The number of carboxylic acids is 1.